The normalized spacial score (nSPS) is 22.3. The highest BCUT2D eigenvalue weighted by molar-refractivity contribution is 4.66. The Bertz CT molecular complexity index is 158. The Balaban J connectivity index is 0.000000180. The third-order valence-corrected chi connectivity index (χ3v) is 3.15. The van der Waals surface area contributed by atoms with E-state index in [-0.39, 0.29) is 6.61 Å². The first-order valence-electron chi connectivity index (χ1n) is 6.81. The topological polar surface area (TPSA) is 68.2 Å². The average molecular weight is 261 g/mol. The van der Waals surface area contributed by atoms with Crippen LogP contribution in [0.3, 0.4) is 0 Å². The Morgan fingerprint density at radius 3 is 1.83 bits per heavy atom. The van der Waals surface area contributed by atoms with E-state index >= 15 is 0 Å². The van der Waals surface area contributed by atoms with E-state index in [1.165, 1.54) is 0 Å². The molecule has 6 heteroatoms. The summed E-state index contributed by atoms with van der Waals surface area (Å²) >= 11 is 0. The molecule has 18 heavy (non-hydrogen) atoms. The molecule has 2 aliphatic rings. The smallest absolute Gasteiger partial charge is 0.0594 e. The zero-order chi connectivity index (χ0) is 13.1. The largest absolute Gasteiger partial charge is 0.395 e. The molecule has 0 aromatic rings. The van der Waals surface area contributed by atoms with Crippen LogP contribution >= 0.6 is 0 Å². The SMILES string of the molecule is OCCN1CCNCC1.OCCN1CCOCC1. The van der Waals surface area contributed by atoms with E-state index in [0.717, 1.165) is 65.6 Å². The van der Waals surface area contributed by atoms with Gasteiger partial charge in [-0.1, -0.05) is 0 Å². The van der Waals surface area contributed by atoms with E-state index < -0.39 is 0 Å². The number of aliphatic hydroxyl groups excluding tert-OH is 2. The predicted molar refractivity (Wildman–Crippen MR) is 70.7 cm³/mol. The minimum Gasteiger partial charge on any atom is -0.395 e. The lowest BCUT2D eigenvalue weighted by Crippen LogP contribution is -2.44. The van der Waals surface area contributed by atoms with E-state index in [1.54, 1.807) is 0 Å². The van der Waals surface area contributed by atoms with Crippen molar-refractivity contribution in [2.45, 2.75) is 0 Å². The van der Waals surface area contributed by atoms with Gasteiger partial charge < -0.3 is 20.3 Å². The lowest BCUT2D eigenvalue weighted by Gasteiger charge is -2.25. The monoisotopic (exact) mass is 261 g/mol. The number of morpholine rings is 1. The lowest BCUT2D eigenvalue weighted by atomic mass is 10.4. The van der Waals surface area contributed by atoms with Gasteiger partial charge >= 0.3 is 0 Å². The second-order valence-electron chi connectivity index (χ2n) is 4.49. The summed E-state index contributed by atoms with van der Waals surface area (Å²) in [5, 5.41) is 20.3. The van der Waals surface area contributed by atoms with Gasteiger partial charge in [-0.05, 0) is 0 Å². The molecule has 3 N–H and O–H groups in total. The molecule has 2 aliphatic heterocycles. The van der Waals surface area contributed by atoms with Gasteiger partial charge in [-0.25, -0.2) is 0 Å². The van der Waals surface area contributed by atoms with Crippen molar-refractivity contribution in [3.05, 3.63) is 0 Å². The number of ether oxygens (including phenoxy) is 1. The van der Waals surface area contributed by atoms with Gasteiger partial charge in [0.1, 0.15) is 0 Å². The maximum absolute atomic E-state index is 8.56. The van der Waals surface area contributed by atoms with Crippen LogP contribution in [0, 0.1) is 0 Å². The predicted octanol–water partition coefficient (Wildman–Crippen LogP) is -1.81. The van der Waals surface area contributed by atoms with Crippen LogP contribution in [-0.2, 0) is 4.74 Å². The fourth-order valence-corrected chi connectivity index (χ4v) is 2.04. The molecule has 0 amide bonds. The first-order valence-corrected chi connectivity index (χ1v) is 6.81. The maximum Gasteiger partial charge on any atom is 0.0594 e. The Hall–Kier alpha value is -0.240. The van der Waals surface area contributed by atoms with Crippen molar-refractivity contribution in [1.82, 2.24) is 15.1 Å². The Labute approximate surface area is 110 Å². The summed E-state index contributed by atoms with van der Waals surface area (Å²) in [5.74, 6) is 0. The van der Waals surface area contributed by atoms with E-state index in [2.05, 4.69) is 15.1 Å². The molecular weight excluding hydrogens is 234 g/mol. The van der Waals surface area contributed by atoms with E-state index in [4.69, 9.17) is 14.9 Å². The first kappa shape index (κ1) is 15.8. The highest BCUT2D eigenvalue weighted by Gasteiger charge is 2.08. The first-order chi connectivity index (χ1) is 8.86. The van der Waals surface area contributed by atoms with Crippen LogP contribution in [0.1, 0.15) is 0 Å². The maximum atomic E-state index is 8.56. The van der Waals surface area contributed by atoms with Crippen molar-refractivity contribution >= 4 is 0 Å². The minimum absolute atomic E-state index is 0.264. The number of piperazine rings is 1. The van der Waals surface area contributed by atoms with E-state index in [0.29, 0.717) is 6.61 Å². The fourth-order valence-electron chi connectivity index (χ4n) is 2.04. The van der Waals surface area contributed by atoms with Crippen LogP contribution in [-0.4, -0.2) is 98.8 Å². The highest BCUT2D eigenvalue weighted by Crippen LogP contribution is 1.94. The molecule has 0 aromatic carbocycles. The summed E-state index contributed by atoms with van der Waals surface area (Å²) in [7, 11) is 0. The van der Waals surface area contributed by atoms with Crippen LogP contribution in [0.25, 0.3) is 0 Å². The molecule has 2 rings (SSSR count). The highest BCUT2D eigenvalue weighted by atomic mass is 16.5. The average Bonchev–Trinajstić information content (AvgIpc) is 2.43. The second kappa shape index (κ2) is 10.7. The molecule has 2 heterocycles. The number of aliphatic hydroxyl groups is 2. The quantitative estimate of drug-likeness (QED) is 0.554. The van der Waals surface area contributed by atoms with Gasteiger partial charge in [0.05, 0.1) is 26.4 Å². The van der Waals surface area contributed by atoms with E-state index in [1.807, 2.05) is 0 Å². The molecule has 0 aliphatic carbocycles. The lowest BCUT2D eigenvalue weighted by molar-refractivity contribution is 0.0306. The summed E-state index contributed by atoms with van der Waals surface area (Å²) in [6.45, 7) is 10.1. The van der Waals surface area contributed by atoms with Gasteiger partial charge in [-0.15, -0.1) is 0 Å². The zero-order valence-corrected chi connectivity index (χ0v) is 11.2. The van der Waals surface area contributed by atoms with Crippen LogP contribution < -0.4 is 5.32 Å². The molecule has 0 aromatic heterocycles. The summed E-state index contributed by atoms with van der Waals surface area (Å²) in [4.78, 5) is 4.46. The van der Waals surface area contributed by atoms with Crippen molar-refractivity contribution < 1.29 is 14.9 Å². The molecule has 0 bridgehead atoms. The number of nitrogens with zero attached hydrogens (tertiary/aromatic N) is 2. The van der Waals surface area contributed by atoms with Crippen LogP contribution in [0.4, 0.5) is 0 Å². The number of hydrogen-bond donors (Lipinski definition) is 3. The van der Waals surface area contributed by atoms with Crippen molar-refractivity contribution in [2.75, 3.05) is 78.8 Å². The minimum atomic E-state index is 0.264. The number of rotatable bonds is 4. The number of hydrogen-bond acceptors (Lipinski definition) is 6. The Morgan fingerprint density at radius 1 is 0.833 bits per heavy atom. The molecule has 2 fully saturated rings. The molecule has 0 radical (unpaired) electrons. The molecule has 0 saturated carbocycles. The van der Waals surface area contributed by atoms with Crippen molar-refractivity contribution in [2.24, 2.45) is 0 Å². The van der Waals surface area contributed by atoms with Gasteiger partial charge in [-0.3, -0.25) is 9.80 Å². The summed E-state index contributed by atoms with van der Waals surface area (Å²) in [6.07, 6.45) is 0. The van der Waals surface area contributed by atoms with Gasteiger partial charge in [-0.2, -0.15) is 0 Å². The second-order valence-corrected chi connectivity index (χ2v) is 4.49. The van der Waals surface area contributed by atoms with Crippen LogP contribution in [0.2, 0.25) is 0 Å². The van der Waals surface area contributed by atoms with Crippen molar-refractivity contribution in [3.8, 4) is 0 Å². The third kappa shape index (κ3) is 7.25. The van der Waals surface area contributed by atoms with E-state index in [9.17, 15) is 0 Å². The zero-order valence-electron chi connectivity index (χ0n) is 11.2. The van der Waals surface area contributed by atoms with Gasteiger partial charge in [0.25, 0.3) is 0 Å². The molecule has 0 spiro atoms. The number of nitrogens with one attached hydrogen (secondary N) is 1. The fraction of sp³-hybridized carbons (Fsp3) is 1.00. The van der Waals surface area contributed by atoms with Crippen LogP contribution in [0.5, 0.6) is 0 Å². The van der Waals surface area contributed by atoms with Crippen molar-refractivity contribution in [1.29, 1.82) is 0 Å². The summed E-state index contributed by atoms with van der Waals surface area (Å²) < 4.78 is 5.12. The number of β-amino-alcohol motifs (C(OH)–C–C–N with tert-alkyl or cyclic N) is 2. The molecule has 0 unspecified atom stereocenters. The molecule has 108 valence electrons. The summed E-state index contributed by atoms with van der Waals surface area (Å²) in [5.41, 5.74) is 0. The van der Waals surface area contributed by atoms with Crippen LogP contribution in [0.15, 0.2) is 0 Å². The molecule has 2 saturated heterocycles. The Kier molecular flexibility index (Phi) is 9.37. The Morgan fingerprint density at radius 2 is 1.33 bits per heavy atom. The van der Waals surface area contributed by atoms with Gasteiger partial charge in [0.15, 0.2) is 0 Å². The van der Waals surface area contributed by atoms with Gasteiger partial charge in [0.2, 0.25) is 0 Å². The van der Waals surface area contributed by atoms with Gasteiger partial charge in [0, 0.05) is 52.4 Å². The third-order valence-electron chi connectivity index (χ3n) is 3.15. The van der Waals surface area contributed by atoms with Crippen molar-refractivity contribution in [3.63, 3.8) is 0 Å². The summed E-state index contributed by atoms with van der Waals surface area (Å²) in [6, 6.07) is 0. The molecule has 0 atom stereocenters. The molecular formula is C12H27N3O3. The standard InChI is InChI=1S/C6H14N2O.C6H13NO2/c9-6-5-8-3-1-7-2-4-8;8-4-1-7-2-5-9-6-3-7/h7,9H,1-6H2;8H,1-6H2. The molecule has 6 nitrogen and oxygen atoms in total.